The van der Waals surface area contributed by atoms with Crippen LogP contribution in [0.3, 0.4) is 0 Å². The van der Waals surface area contributed by atoms with Gasteiger partial charge in [-0.1, -0.05) is 6.07 Å². The van der Waals surface area contributed by atoms with Gasteiger partial charge in [-0.2, -0.15) is 0 Å². The number of phenols is 1. The van der Waals surface area contributed by atoms with Crippen molar-refractivity contribution in [1.82, 2.24) is 5.32 Å². The molecule has 0 saturated carbocycles. The van der Waals surface area contributed by atoms with E-state index in [0.717, 1.165) is 13.1 Å². The Kier molecular flexibility index (Phi) is 4.23. The van der Waals surface area contributed by atoms with Crippen LogP contribution in [-0.2, 0) is 0 Å². The maximum absolute atomic E-state index is 9.33. The summed E-state index contributed by atoms with van der Waals surface area (Å²) in [6.07, 6.45) is 1.17. The second-order valence-corrected chi connectivity index (χ2v) is 4.56. The fourth-order valence-corrected chi connectivity index (χ4v) is 2.25. The third-order valence-corrected chi connectivity index (χ3v) is 3.35. The molecule has 4 nitrogen and oxygen atoms in total. The molecule has 1 aromatic carbocycles. The first kappa shape index (κ1) is 12.2. The minimum atomic E-state index is 0.231. The maximum Gasteiger partial charge on any atom is 0.122 e. The molecule has 0 aromatic heterocycles. The van der Waals surface area contributed by atoms with Crippen LogP contribution in [0, 0.1) is 11.8 Å². The number of nitrogens with one attached hydrogen (secondary N) is 1. The molecule has 2 atom stereocenters. The second kappa shape index (κ2) is 5.89. The first-order valence-corrected chi connectivity index (χ1v) is 6.12. The first-order chi connectivity index (χ1) is 8.29. The van der Waals surface area contributed by atoms with E-state index in [1.54, 1.807) is 18.2 Å². The molecule has 94 valence electrons. The highest BCUT2D eigenvalue weighted by Crippen LogP contribution is 2.22. The van der Waals surface area contributed by atoms with Crippen molar-refractivity contribution in [2.45, 2.75) is 6.42 Å². The lowest BCUT2D eigenvalue weighted by atomic mass is 9.92. The number of nitrogens with two attached hydrogens (primary N) is 1. The van der Waals surface area contributed by atoms with E-state index in [4.69, 9.17) is 10.5 Å². The first-order valence-electron chi connectivity index (χ1n) is 6.12. The number of rotatable bonds is 5. The maximum atomic E-state index is 9.33. The summed E-state index contributed by atoms with van der Waals surface area (Å²) in [7, 11) is 0. The van der Waals surface area contributed by atoms with Crippen LogP contribution >= 0.6 is 0 Å². The molecule has 0 aliphatic carbocycles. The van der Waals surface area contributed by atoms with E-state index in [0.29, 0.717) is 30.7 Å². The Hall–Kier alpha value is -1.26. The Labute approximate surface area is 102 Å². The summed E-state index contributed by atoms with van der Waals surface area (Å²) in [5.41, 5.74) is 5.79. The molecule has 1 heterocycles. The fourth-order valence-electron chi connectivity index (χ4n) is 2.25. The summed E-state index contributed by atoms with van der Waals surface area (Å²) < 4.78 is 5.68. The van der Waals surface area contributed by atoms with Crippen molar-refractivity contribution < 1.29 is 9.84 Å². The summed E-state index contributed by atoms with van der Waals surface area (Å²) in [6.45, 7) is 3.37. The largest absolute Gasteiger partial charge is 0.508 e. The average molecular weight is 236 g/mol. The van der Waals surface area contributed by atoms with Crippen molar-refractivity contribution in [1.29, 1.82) is 0 Å². The van der Waals surface area contributed by atoms with E-state index in [1.165, 1.54) is 6.42 Å². The minimum Gasteiger partial charge on any atom is -0.508 e. The molecule has 4 heteroatoms. The fraction of sp³-hybridized carbons (Fsp3) is 0.538. The zero-order chi connectivity index (χ0) is 12.1. The van der Waals surface area contributed by atoms with E-state index >= 15 is 0 Å². The van der Waals surface area contributed by atoms with E-state index in [2.05, 4.69) is 5.32 Å². The Bertz CT molecular complexity index is 351. The normalized spacial score (nSPS) is 21.4. The second-order valence-electron chi connectivity index (χ2n) is 4.56. The standard InChI is InChI=1S/C13H20N2O2/c14-7-11(10-4-5-15-8-10)9-17-13-3-1-2-12(16)6-13/h1-3,6,10-11,15-16H,4-5,7-9,14H2. The van der Waals surface area contributed by atoms with Gasteiger partial charge in [0.1, 0.15) is 11.5 Å². The van der Waals surface area contributed by atoms with Gasteiger partial charge in [-0.15, -0.1) is 0 Å². The highest BCUT2D eigenvalue weighted by Gasteiger charge is 2.24. The lowest BCUT2D eigenvalue weighted by Crippen LogP contribution is -2.30. The molecule has 17 heavy (non-hydrogen) atoms. The molecular weight excluding hydrogens is 216 g/mol. The van der Waals surface area contributed by atoms with Crippen LogP contribution in [0.5, 0.6) is 11.5 Å². The van der Waals surface area contributed by atoms with Crippen LogP contribution < -0.4 is 15.8 Å². The van der Waals surface area contributed by atoms with E-state index in [9.17, 15) is 5.11 Å². The third kappa shape index (κ3) is 3.35. The van der Waals surface area contributed by atoms with Crippen LogP contribution in [0.25, 0.3) is 0 Å². The van der Waals surface area contributed by atoms with Crippen molar-refractivity contribution in [2.75, 3.05) is 26.2 Å². The quantitative estimate of drug-likeness (QED) is 0.712. The highest BCUT2D eigenvalue weighted by molar-refractivity contribution is 5.31. The number of hydrogen-bond acceptors (Lipinski definition) is 4. The summed E-state index contributed by atoms with van der Waals surface area (Å²) in [5.74, 6) is 1.92. The molecule has 1 aliphatic rings. The van der Waals surface area contributed by atoms with Crippen LogP contribution in [0.2, 0.25) is 0 Å². The summed E-state index contributed by atoms with van der Waals surface area (Å²) in [4.78, 5) is 0. The van der Waals surface area contributed by atoms with E-state index in [1.807, 2.05) is 6.07 Å². The Balaban J connectivity index is 1.87. The average Bonchev–Trinajstić information content (AvgIpc) is 2.84. The van der Waals surface area contributed by atoms with Crippen molar-refractivity contribution in [3.05, 3.63) is 24.3 Å². The van der Waals surface area contributed by atoms with Gasteiger partial charge < -0.3 is 20.9 Å². The number of ether oxygens (including phenoxy) is 1. The minimum absolute atomic E-state index is 0.231. The summed E-state index contributed by atoms with van der Waals surface area (Å²) in [6, 6.07) is 6.88. The predicted octanol–water partition coefficient (Wildman–Crippen LogP) is 0.955. The Morgan fingerprint density at radius 3 is 3.06 bits per heavy atom. The lowest BCUT2D eigenvalue weighted by Gasteiger charge is -2.21. The number of aromatic hydroxyl groups is 1. The van der Waals surface area contributed by atoms with E-state index in [-0.39, 0.29) is 5.75 Å². The van der Waals surface area contributed by atoms with Crippen LogP contribution in [0.1, 0.15) is 6.42 Å². The Morgan fingerprint density at radius 1 is 1.53 bits per heavy atom. The number of phenolic OH excluding ortho intramolecular Hbond substituents is 1. The molecule has 1 aromatic rings. The third-order valence-electron chi connectivity index (χ3n) is 3.35. The number of benzene rings is 1. The van der Waals surface area contributed by atoms with Crippen LogP contribution in [0.15, 0.2) is 24.3 Å². The van der Waals surface area contributed by atoms with Gasteiger partial charge in [-0.05, 0) is 44.1 Å². The monoisotopic (exact) mass is 236 g/mol. The van der Waals surface area contributed by atoms with Gasteiger partial charge >= 0.3 is 0 Å². The molecule has 4 N–H and O–H groups in total. The van der Waals surface area contributed by atoms with Gasteiger partial charge in [-0.3, -0.25) is 0 Å². The van der Waals surface area contributed by atoms with Gasteiger partial charge in [0, 0.05) is 12.0 Å². The zero-order valence-corrected chi connectivity index (χ0v) is 9.93. The van der Waals surface area contributed by atoms with Crippen LogP contribution in [-0.4, -0.2) is 31.3 Å². The molecule has 1 aliphatic heterocycles. The molecule has 0 radical (unpaired) electrons. The predicted molar refractivity (Wildman–Crippen MR) is 67.1 cm³/mol. The molecule has 1 fully saturated rings. The molecule has 0 amide bonds. The molecule has 2 rings (SSSR count). The zero-order valence-electron chi connectivity index (χ0n) is 9.93. The van der Waals surface area contributed by atoms with Crippen molar-refractivity contribution in [3.63, 3.8) is 0 Å². The lowest BCUT2D eigenvalue weighted by molar-refractivity contribution is 0.206. The molecule has 2 unspecified atom stereocenters. The topological polar surface area (TPSA) is 67.5 Å². The van der Waals surface area contributed by atoms with E-state index < -0.39 is 0 Å². The van der Waals surface area contributed by atoms with Gasteiger partial charge in [0.05, 0.1) is 6.61 Å². The molecule has 0 spiro atoms. The molecule has 0 bridgehead atoms. The van der Waals surface area contributed by atoms with Crippen molar-refractivity contribution >= 4 is 0 Å². The van der Waals surface area contributed by atoms with Crippen LogP contribution in [0.4, 0.5) is 0 Å². The molecular formula is C13H20N2O2. The van der Waals surface area contributed by atoms with Gasteiger partial charge in [0.15, 0.2) is 0 Å². The van der Waals surface area contributed by atoms with Gasteiger partial charge in [0.2, 0.25) is 0 Å². The van der Waals surface area contributed by atoms with Gasteiger partial charge in [0.25, 0.3) is 0 Å². The van der Waals surface area contributed by atoms with Crippen molar-refractivity contribution in [3.8, 4) is 11.5 Å². The van der Waals surface area contributed by atoms with Crippen molar-refractivity contribution in [2.24, 2.45) is 17.6 Å². The smallest absolute Gasteiger partial charge is 0.122 e. The number of hydrogen-bond donors (Lipinski definition) is 3. The summed E-state index contributed by atoms with van der Waals surface area (Å²) in [5, 5.41) is 12.7. The Morgan fingerprint density at radius 2 is 2.41 bits per heavy atom. The SMILES string of the molecule is NCC(COc1cccc(O)c1)C1CCNC1. The highest BCUT2D eigenvalue weighted by atomic mass is 16.5. The summed E-state index contributed by atoms with van der Waals surface area (Å²) >= 11 is 0. The molecule has 1 saturated heterocycles. The van der Waals surface area contributed by atoms with Gasteiger partial charge in [-0.25, -0.2) is 0 Å².